The number of nitrogens with one attached hydrogen (secondary N) is 1. The smallest absolute Gasteiger partial charge is 0.370 e. The highest BCUT2D eigenvalue weighted by Crippen LogP contribution is 2.37. The summed E-state index contributed by atoms with van der Waals surface area (Å²) in [5, 5.41) is -0.0432. The van der Waals surface area contributed by atoms with Crippen LogP contribution in [0.3, 0.4) is 0 Å². The number of hydrogen-bond acceptors (Lipinski definition) is 5. The molecule has 1 saturated heterocycles. The third-order valence-electron chi connectivity index (χ3n) is 4.98. The molecule has 2 heterocycles. The maximum absolute atomic E-state index is 12.5. The number of H-pyrrole nitrogens is 1. The third-order valence-corrected chi connectivity index (χ3v) is 9.48. The molecule has 1 N–H and O–H groups in total. The maximum Gasteiger partial charge on any atom is 0.370 e. The lowest BCUT2D eigenvalue weighted by molar-refractivity contribution is -0.127. The molecule has 26 heavy (non-hydrogen) atoms. The molecule has 1 aliphatic heterocycles. The van der Waals surface area contributed by atoms with Crippen LogP contribution in [0.2, 0.25) is 18.1 Å². The standard InChI is InChI=1S/C16H24N4O5Si/c1-9-7-20(15(23)18-13(9)22)14-12(21)11(19-17)10(25-14)8-24-26(5,6)16(2,3)4/h7,10,14H,8H2,1-6H3,(H,18,22,23)/t10-,14-/m0/s1. The number of nitrogens with zero attached hydrogens (tertiary/aromatic N) is 3. The van der Waals surface area contributed by atoms with Crippen LogP contribution >= 0.6 is 0 Å². The Morgan fingerprint density at radius 3 is 2.50 bits per heavy atom. The Morgan fingerprint density at radius 2 is 1.96 bits per heavy atom. The monoisotopic (exact) mass is 380 g/mol. The number of rotatable bonds is 4. The summed E-state index contributed by atoms with van der Waals surface area (Å²) in [6.45, 7) is 11.9. The van der Waals surface area contributed by atoms with Crippen molar-refractivity contribution < 1.29 is 18.7 Å². The summed E-state index contributed by atoms with van der Waals surface area (Å²) in [7, 11) is -2.11. The lowest BCUT2D eigenvalue weighted by Gasteiger charge is -2.36. The van der Waals surface area contributed by atoms with Crippen molar-refractivity contribution in [3.05, 3.63) is 38.1 Å². The van der Waals surface area contributed by atoms with E-state index in [-0.39, 0.29) is 22.9 Å². The molecule has 0 spiro atoms. The first-order valence-corrected chi connectivity index (χ1v) is 11.2. The Balaban J connectivity index is 2.29. The Bertz CT molecular complexity index is 889. The van der Waals surface area contributed by atoms with E-state index in [1.54, 1.807) is 0 Å². The number of carbonyl (C=O) groups is 1. The van der Waals surface area contributed by atoms with E-state index in [1.807, 2.05) is 13.1 Å². The van der Waals surface area contributed by atoms with Crippen molar-refractivity contribution in [1.29, 1.82) is 0 Å². The highest BCUT2D eigenvalue weighted by Gasteiger charge is 2.49. The van der Waals surface area contributed by atoms with Gasteiger partial charge in [-0.25, -0.2) is 4.79 Å². The summed E-state index contributed by atoms with van der Waals surface area (Å²) >= 11 is 0. The molecule has 142 valence electrons. The topological polar surface area (TPSA) is 127 Å². The second kappa shape index (κ2) is 6.88. The zero-order valence-electron chi connectivity index (χ0n) is 15.8. The Morgan fingerprint density at radius 1 is 1.35 bits per heavy atom. The van der Waals surface area contributed by atoms with Crippen LogP contribution in [-0.4, -0.2) is 46.9 Å². The molecule has 1 aromatic heterocycles. The number of aromatic amines is 1. The van der Waals surface area contributed by atoms with Crippen LogP contribution in [0.15, 0.2) is 15.8 Å². The van der Waals surface area contributed by atoms with Gasteiger partial charge < -0.3 is 14.7 Å². The fourth-order valence-electron chi connectivity index (χ4n) is 2.25. The van der Waals surface area contributed by atoms with Crippen molar-refractivity contribution in [2.75, 3.05) is 6.61 Å². The largest absolute Gasteiger partial charge is 0.414 e. The van der Waals surface area contributed by atoms with Crippen LogP contribution < -0.4 is 11.2 Å². The molecular weight excluding hydrogens is 356 g/mol. The zero-order valence-corrected chi connectivity index (χ0v) is 16.8. The summed E-state index contributed by atoms with van der Waals surface area (Å²) in [5.41, 5.74) is 7.96. The van der Waals surface area contributed by atoms with Crippen molar-refractivity contribution in [1.82, 2.24) is 9.55 Å². The molecular formula is C16H24N4O5Si. The van der Waals surface area contributed by atoms with Gasteiger partial charge in [0.2, 0.25) is 6.23 Å². The number of Topliss-reactive ketones (excluding diaryl/α,β-unsaturated/α-hetero) is 1. The van der Waals surface area contributed by atoms with Gasteiger partial charge >= 0.3 is 11.4 Å². The van der Waals surface area contributed by atoms with Gasteiger partial charge in [-0.1, -0.05) is 20.8 Å². The summed E-state index contributed by atoms with van der Waals surface area (Å²) in [5.74, 6) is -0.648. The van der Waals surface area contributed by atoms with E-state index in [4.69, 9.17) is 9.16 Å². The normalized spacial score (nSPS) is 21.2. The lowest BCUT2D eigenvalue weighted by atomic mass is 10.2. The van der Waals surface area contributed by atoms with E-state index in [2.05, 4.69) is 30.5 Å². The van der Waals surface area contributed by atoms with E-state index >= 15 is 0 Å². The van der Waals surface area contributed by atoms with E-state index in [0.29, 0.717) is 0 Å². The molecule has 0 bridgehead atoms. The quantitative estimate of drug-likeness (QED) is 0.474. The molecule has 1 fully saturated rings. The number of aromatic nitrogens is 2. The number of aryl methyl sites for hydroxylation is 1. The molecule has 0 aliphatic carbocycles. The number of ether oxygens (including phenoxy) is 1. The average Bonchev–Trinajstić information content (AvgIpc) is 2.83. The van der Waals surface area contributed by atoms with Gasteiger partial charge in [0.15, 0.2) is 14.4 Å². The summed E-state index contributed by atoms with van der Waals surface area (Å²) in [4.78, 5) is 41.2. The highest BCUT2D eigenvalue weighted by atomic mass is 28.4. The number of hydrogen-bond donors (Lipinski definition) is 1. The van der Waals surface area contributed by atoms with E-state index in [9.17, 15) is 19.9 Å². The van der Waals surface area contributed by atoms with Crippen molar-refractivity contribution in [2.45, 2.75) is 58.2 Å². The Hall–Kier alpha value is -2.13. The van der Waals surface area contributed by atoms with E-state index in [1.165, 1.54) is 13.1 Å². The van der Waals surface area contributed by atoms with Crippen LogP contribution in [-0.2, 0) is 14.0 Å². The lowest BCUT2D eigenvalue weighted by Crippen LogP contribution is -2.43. The Labute approximate surface area is 151 Å². The molecule has 0 amide bonds. The first-order chi connectivity index (χ1) is 11.9. The van der Waals surface area contributed by atoms with Crippen molar-refractivity contribution in [2.24, 2.45) is 0 Å². The zero-order chi connectivity index (χ0) is 19.9. The minimum Gasteiger partial charge on any atom is -0.414 e. The molecule has 1 aliphatic rings. The average molecular weight is 380 g/mol. The van der Waals surface area contributed by atoms with E-state index < -0.39 is 37.7 Å². The first-order valence-electron chi connectivity index (χ1n) is 8.26. The van der Waals surface area contributed by atoms with Crippen LogP contribution in [0.25, 0.3) is 5.53 Å². The fourth-order valence-corrected chi connectivity index (χ4v) is 3.25. The SMILES string of the molecule is Cc1cn([C@H]2O[C@@H](CO[Si](C)(C)C(C)(C)C)C(=[N+]=[N-])C2=O)c(=O)[nH]c1=O. The molecule has 0 aromatic carbocycles. The van der Waals surface area contributed by atoms with Crippen LogP contribution in [0.4, 0.5) is 0 Å². The van der Waals surface area contributed by atoms with E-state index in [0.717, 1.165) is 4.57 Å². The van der Waals surface area contributed by atoms with Gasteiger partial charge in [-0.05, 0) is 25.1 Å². The second-order valence-corrected chi connectivity index (χ2v) is 12.7. The van der Waals surface area contributed by atoms with Gasteiger partial charge in [0, 0.05) is 11.8 Å². The number of ketones is 1. The molecule has 1 aromatic rings. The second-order valence-electron chi connectivity index (χ2n) is 7.88. The van der Waals surface area contributed by atoms with Gasteiger partial charge in [-0.3, -0.25) is 19.1 Å². The first kappa shape index (κ1) is 20.2. The summed E-state index contributed by atoms with van der Waals surface area (Å²) in [6, 6.07) is 0. The predicted molar refractivity (Wildman–Crippen MR) is 96.8 cm³/mol. The van der Waals surface area contributed by atoms with Crippen molar-refractivity contribution in [3.8, 4) is 0 Å². The highest BCUT2D eigenvalue weighted by molar-refractivity contribution is 6.74. The van der Waals surface area contributed by atoms with Crippen LogP contribution in [0.1, 0.15) is 32.6 Å². The molecule has 0 saturated carbocycles. The predicted octanol–water partition coefficient (Wildman–Crippen LogP) is 1.00. The van der Waals surface area contributed by atoms with Gasteiger partial charge in [0.25, 0.3) is 11.3 Å². The fraction of sp³-hybridized carbons (Fsp3) is 0.625. The molecule has 9 nitrogen and oxygen atoms in total. The molecule has 10 heteroatoms. The van der Waals surface area contributed by atoms with Crippen molar-refractivity contribution in [3.63, 3.8) is 0 Å². The van der Waals surface area contributed by atoms with Crippen LogP contribution in [0, 0.1) is 6.92 Å². The van der Waals surface area contributed by atoms with Gasteiger partial charge in [-0.15, -0.1) is 0 Å². The minimum atomic E-state index is -2.11. The minimum absolute atomic E-state index is 0.0369. The van der Waals surface area contributed by atoms with Gasteiger partial charge in [0.05, 0.1) is 6.61 Å². The van der Waals surface area contributed by atoms with Crippen molar-refractivity contribution >= 4 is 19.8 Å². The van der Waals surface area contributed by atoms with Gasteiger partial charge in [-0.2, -0.15) is 4.79 Å². The summed E-state index contributed by atoms with van der Waals surface area (Å²) in [6.07, 6.45) is -0.960. The Kier molecular flexibility index (Phi) is 5.34. The summed E-state index contributed by atoms with van der Waals surface area (Å²) < 4.78 is 12.7. The molecule has 2 atom stereocenters. The van der Waals surface area contributed by atoms with Crippen LogP contribution in [0.5, 0.6) is 0 Å². The van der Waals surface area contributed by atoms with Gasteiger partial charge in [0.1, 0.15) is 0 Å². The third kappa shape index (κ3) is 3.68. The molecule has 0 unspecified atom stereocenters. The molecule has 2 rings (SSSR count). The maximum atomic E-state index is 12.5. The molecule has 0 radical (unpaired) electrons. The number of carbonyl (C=O) groups excluding carboxylic acids is 1.